The van der Waals surface area contributed by atoms with Crippen molar-refractivity contribution in [3.05, 3.63) is 35.5 Å². The van der Waals surface area contributed by atoms with E-state index in [1.54, 1.807) is 0 Å². The van der Waals surface area contributed by atoms with E-state index in [0.717, 1.165) is 28.2 Å². The maximum atomic E-state index is 4.56. The highest BCUT2D eigenvalue weighted by Gasteiger charge is 2.08. The van der Waals surface area contributed by atoms with Gasteiger partial charge in [0.05, 0.1) is 11.0 Å². The third-order valence-corrected chi connectivity index (χ3v) is 2.66. The molecule has 3 rings (SSSR count). The zero-order valence-corrected chi connectivity index (χ0v) is 9.20. The largest absolute Gasteiger partial charge is 0.337 e. The number of hydrogen-bond donors (Lipinski definition) is 2. The molecule has 80 valence electrons. The Labute approximate surface area is 92.7 Å². The van der Waals surface area contributed by atoms with Crippen molar-refractivity contribution in [2.24, 2.45) is 0 Å². The molecule has 0 unspecified atom stereocenters. The van der Waals surface area contributed by atoms with Crippen LogP contribution in [0.1, 0.15) is 11.3 Å². The summed E-state index contributed by atoms with van der Waals surface area (Å²) in [7, 11) is 0. The molecule has 0 fully saturated rings. The minimum Gasteiger partial charge on any atom is -0.337 e. The summed E-state index contributed by atoms with van der Waals surface area (Å²) in [5.41, 5.74) is 5.13. The lowest BCUT2D eigenvalue weighted by atomic mass is 10.2. The van der Waals surface area contributed by atoms with Crippen molar-refractivity contribution in [3.63, 3.8) is 0 Å². The Bertz CT molecular complexity index is 648. The van der Waals surface area contributed by atoms with Crippen LogP contribution in [0.15, 0.2) is 24.3 Å². The van der Waals surface area contributed by atoms with Crippen molar-refractivity contribution >= 4 is 11.0 Å². The van der Waals surface area contributed by atoms with Crippen molar-refractivity contribution in [2.45, 2.75) is 13.8 Å². The van der Waals surface area contributed by atoms with Gasteiger partial charge < -0.3 is 4.98 Å². The molecule has 3 aromatic rings. The lowest BCUT2D eigenvalue weighted by Gasteiger charge is -1.90. The first kappa shape index (κ1) is 9.15. The first-order valence-corrected chi connectivity index (χ1v) is 5.22. The Balaban J connectivity index is 2.22. The highest BCUT2D eigenvalue weighted by Crippen LogP contribution is 2.21. The van der Waals surface area contributed by atoms with E-state index in [1.807, 2.05) is 25.1 Å². The Morgan fingerprint density at radius 1 is 1.19 bits per heavy atom. The minimum absolute atomic E-state index is 0.814. The summed E-state index contributed by atoms with van der Waals surface area (Å²) in [4.78, 5) is 7.83. The number of H-pyrrole nitrogens is 2. The molecule has 0 bridgehead atoms. The number of benzene rings is 1. The number of rotatable bonds is 1. The molecule has 0 saturated carbocycles. The monoisotopic (exact) mass is 212 g/mol. The van der Waals surface area contributed by atoms with E-state index in [-0.39, 0.29) is 0 Å². The van der Waals surface area contributed by atoms with E-state index in [9.17, 15) is 0 Å². The van der Waals surface area contributed by atoms with E-state index in [2.05, 4.69) is 33.2 Å². The lowest BCUT2D eigenvalue weighted by molar-refractivity contribution is 1.04. The van der Waals surface area contributed by atoms with Crippen molar-refractivity contribution < 1.29 is 0 Å². The summed E-state index contributed by atoms with van der Waals surface area (Å²) in [6.07, 6.45) is 0. The van der Waals surface area contributed by atoms with Crippen LogP contribution < -0.4 is 0 Å². The van der Waals surface area contributed by atoms with Gasteiger partial charge in [0, 0.05) is 5.69 Å². The molecular weight excluding hydrogens is 200 g/mol. The van der Waals surface area contributed by atoms with Gasteiger partial charge in [-0.1, -0.05) is 12.1 Å². The molecule has 16 heavy (non-hydrogen) atoms. The quantitative estimate of drug-likeness (QED) is 0.651. The molecular formula is C12H12N4. The van der Waals surface area contributed by atoms with Gasteiger partial charge in [-0.3, -0.25) is 5.10 Å². The van der Waals surface area contributed by atoms with Gasteiger partial charge in [0.1, 0.15) is 5.69 Å². The van der Waals surface area contributed by atoms with Crippen LogP contribution in [-0.4, -0.2) is 20.2 Å². The van der Waals surface area contributed by atoms with Gasteiger partial charge in [-0.05, 0) is 31.5 Å². The van der Waals surface area contributed by atoms with Crippen molar-refractivity contribution in [1.82, 2.24) is 20.2 Å². The van der Waals surface area contributed by atoms with Crippen LogP contribution in [0.3, 0.4) is 0 Å². The highest BCUT2D eigenvalue weighted by atomic mass is 15.1. The van der Waals surface area contributed by atoms with Crippen LogP contribution in [0, 0.1) is 13.8 Å². The molecule has 0 saturated heterocycles. The normalized spacial score (nSPS) is 11.1. The maximum absolute atomic E-state index is 4.56. The predicted octanol–water partition coefficient (Wildman–Crippen LogP) is 2.57. The fourth-order valence-corrected chi connectivity index (χ4v) is 1.84. The number of fused-ring (bicyclic) bond motifs is 1. The van der Waals surface area contributed by atoms with Gasteiger partial charge in [-0.15, -0.1) is 0 Å². The van der Waals surface area contributed by atoms with Crippen LogP contribution in [0.4, 0.5) is 0 Å². The van der Waals surface area contributed by atoms with E-state index in [1.165, 1.54) is 5.56 Å². The first-order valence-electron chi connectivity index (χ1n) is 5.22. The number of hydrogen-bond acceptors (Lipinski definition) is 2. The van der Waals surface area contributed by atoms with Crippen LogP contribution >= 0.6 is 0 Å². The van der Waals surface area contributed by atoms with Gasteiger partial charge >= 0.3 is 0 Å². The standard InChI is InChI=1S/C12H12N4/c1-7-4-3-5-9-11(7)14-12(13-9)10-6-8(2)15-16-10/h3-6H,1-2H3,(H,13,14)(H,15,16). The van der Waals surface area contributed by atoms with Gasteiger partial charge in [-0.2, -0.15) is 5.10 Å². The van der Waals surface area contributed by atoms with Crippen molar-refractivity contribution in [1.29, 1.82) is 0 Å². The highest BCUT2D eigenvalue weighted by molar-refractivity contribution is 5.81. The molecule has 0 spiro atoms. The van der Waals surface area contributed by atoms with Crippen LogP contribution in [-0.2, 0) is 0 Å². The molecule has 2 heterocycles. The number of aromatic nitrogens is 4. The fourth-order valence-electron chi connectivity index (χ4n) is 1.84. The van der Waals surface area contributed by atoms with E-state index in [0.29, 0.717) is 0 Å². The van der Waals surface area contributed by atoms with E-state index >= 15 is 0 Å². The SMILES string of the molecule is Cc1cc(-c2nc3c(C)cccc3[nH]2)n[nH]1. The molecule has 4 heteroatoms. The molecule has 1 aromatic carbocycles. The maximum Gasteiger partial charge on any atom is 0.159 e. The molecule has 0 aliphatic rings. The van der Waals surface area contributed by atoms with Gasteiger partial charge in [0.25, 0.3) is 0 Å². The second-order valence-corrected chi connectivity index (χ2v) is 3.99. The van der Waals surface area contributed by atoms with Crippen molar-refractivity contribution in [3.8, 4) is 11.5 Å². The molecule has 0 aliphatic heterocycles. The molecule has 2 N–H and O–H groups in total. The van der Waals surface area contributed by atoms with Gasteiger partial charge in [-0.25, -0.2) is 4.98 Å². The summed E-state index contributed by atoms with van der Waals surface area (Å²) in [6.45, 7) is 4.03. The summed E-state index contributed by atoms with van der Waals surface area (Å²) < 4.78 is 0. The average molecular weight is 212 g/mol. The number of para-hydroxylation sites is 1. The molecule has 0 aliphatic carbocycles. The minimum atomic E-state index is 0.814. The molecule has 2 aromatic heterocycles. The Morgan fingerprint density at radius 2 is 2.06 bits per heavy atom. The van der Waals surface area contributed by atoms with Crippen molar-refractivity contribution in [2.75, 3.05) is 0 Å². The van der Waals surface area contributed by atoms with Gasteiger partial charge in [0.2, 0.25) is 0 Å². The van der Waals surface area contributed by atoms with E-state index in [4.69, 9.17) is 0 Å². The third kappa shape index (κ3) is 1.31. The third-order valence-electron chi connectivity index (χ3n) is 2.66. The topological polar surface area (TPSA) is 57.4 Å². The second kappa shape index (κ2) is 3.20. The average Bonchev–Trinajstić information content (AvgIpc) is 2.84. The number of nitrogens with zero attached hydrogens (tertiary/aromatic N) is 2. The summed E-state index contributed by atoms with van der Waals surface area (Å²) in [6, 6.07) is 8.09. The fraction of sp³-hybridized carbons (Fsp3) is 0.167. The zero-order chi connectivity index (χ0) is 11.1. The van der Waals surface area contributed by atoms with Crippen LogP contribution in [0.25, 0.3) is 22.6 Å². The summed E-state index contributed by atoms with van der Waals surface area (Å²) in [5, 5.41) is 7.11. The summed E-state index contributed by atoms with van der Waals surface area (Å²) in [5.74, 6) is 0.814. The molecule has 0 radical (unpaired) electrons. The van der Waals surface area contributed by atoms with Crippen LogP contribution in [0.5, 0.6) is 0 Å². The zero-order valence-electron chi connectivity index (χ0n) is 9.20. The first-order chi connectivity index (χ1) is 7.74. The van der Waals surface area contributed by atoms with Gasteiger partial charge in [0.15, 0.2) is 5.82 Å². The summed E-state index contributed by atoms with van der Waals surface area (Å²) >= 11 is 0. The lowest BCUT2D eigenvalue weighted by Crippen LogP contribution is -1.79. The number of imidazole rings is 1. The van der Waals surface area contributed by atoms with E-state index < -0.39 is 0 Å². The Hall–Kier alpha value is -2.10. The molecule has 4 nitrogen and oxygen atoms in total. The Kier molecular flexibility index (Phi) is 1.83. The smallest absolute Gasteiger partial charge is 0.159 e. The molecule has 0 atom stereocenters. The number of aromatic amines is 2. The molecule has 0 amide bonds. The van der Waals surface area contributed by atoms with Crippen LogP contribution in [0.2, 0.25) is 0 Å². The number of aryl methyl sites for hydroxylation is 2. The predicted molar refractivity (Wildman–Crippen MR) is 63.1 cm³/mol. The number of nitrogens with one attached hydrogen (secondary N) is 2. The Morgan fingerprint density at radius 3 is 2.75 bits per heavy atom. The second-order valence-electron chi connectivity index (χ2n) is 3.99.